The molecular weight excluding hydrogens is 411 g/mol. The van der Waals surface area contributed by atoms with Crippen molar-refractivity contribution in [2.24, 2.45) is 0 Å². The Kier molecular flexibility index (Phi) is 6.20. The Labute approximate surface area is 167 Å². The molecule has 0 N–H and O–H groups in total. The van der Waals surface area contributed by atoms with Gasteiger partial charge in [-0.2, -0.15) is 18.0 Å². The minimum absolute atomic E-state index is 0.0421. The molecule has 154 valence electrons. The minimum Gasteiger partial charge on any atom is -0.463 e. The van der Waals surface area contributed by atoms with Crippen molar-refractivity contribution < 1.29 is 27.5 Å². The monoisotopic (exact) mass is 427 g/mol. The predicted octanol–water partition coefficient (Wildman–Crippen LogP) is 2.34. The molecule has 1 aromatic heterocycles. The number of ether oxygens (including phenoxy) is 1. The molecule has 12 heteroatoms. The summed E-state index contributed by atoms with van der Waals surface area (Å²) in [6.07, 6.45) is -3.22. The van der Waals surface area contributed by atoms with E-state index in [1.807, 2.05) is 0 Å². The molecule has 1 saturated heterocycles. The average Bonchev–Trinajstić information content (AvgIpc) is 3.27. The van der Waals surface area contributed by atoms with E-state index in [0.29, 0.717) is 5.03 Å². The van der Waals surface area contributed by atoms with Crippen molar-refractivity contribution >= 4 is 23.6 Å². The Morgan fingerprint density at radius 2 is 2.14 bits per heavy atom. The van der Waals surface area contributed by atoms with Gasteiger partial charge < -0.3 is 9.64 Å². The Balaban J connectivity index is 1.69. The summed E-state index contributed by atoms with van der Waals surface area (Å²) in [5.41, 5.74) is -0.624. The summed E-state index contributed by atoms with van der Waals surface area (Å²) in [6, 6.07) is 4.63. The summed E-state index contributed by atoms with van der Waals surface area (Å²) in [4.78, 5) is 26.3. The zero-order chi connectivity index (χ0) is 21.0. The molecule has 0 unspecified atom stereocenters. The number of tetrazole rings is 1. The van der Waals surface area contributed by atoms with Gasteiger partial charge in [0.05, 0.1) is 35.6 Å². The Bertz CT molecular complexity index is 944. The van der Waals surface area contributed by atoms with Gasteiger partial charge in [0.15, 0.2) is 0 Å². The Morgan fingerprint density at radius 3 is 2.86 bits per heavy atom. The molecule has 1 aliphatic rings. The van der Waals surface area contributed by atoms with Crippen molar-refractivity contribution in [3.8, 4) is 11.4 Å². The van der Waals surface area contributed by atoms with E-state index in [9.17, 15) is 22.8 Å². The molecule has 8 nitrogen and oxygen atoms in total. The first-order valence-electron chi connectivity index (χ1n) is 8.55. The fraction of sp³-hybridized carbons (Fsp3) is 0.353. The molecule has 0 saturated carbocycles. The number of carbonyl (C=O) groups is 2. The molecule has 0 spiro atoms. The molecule has 0 bridgehead atoms. The Morgan fingerprint density at radius 1 is 1.34 bits per heavy atom. The van der Waals surface area contributed by atoms with E-state index in [2.05, 4.69) is 15.4 Å². The second kappa shape index (κ2) is 8.64. The number of thioether (sulfide) groups is 1. The van der Waals surface area contributed by atoms with Crippen LogP contribution in [-0.2, 0) is 27.0 Å². The highest BCUT2D eigenvalue weighted by molar-refractivity contribution is 8.04. The standard InChI is InChI=1S/C17H16F3N5O3S/c1-2-28-15(27)9-14-24(13(26)10-29-14)6-7-25-22-16(21-23-25)11-4-3-5-12(8-11)17(18,19)20/h3-5,8-9H,2,6-7,10H2,1H3. The van der Waals surface area contributed by atoms with Gasteiger partial charge in [0, 0.05) is 12.1 Å². The van der Waals surface area contributed by atoms with Gasteiger partial charge in [-0.1, -0.05) is 23.9 Å². The maximum Gasteiger partial charge on any atom is 0.416 e. The molecule has 0 aliphatic carbocycles. The molecule has 1 fully saturated rings. The van der Waals surface area contributed by atoms with E-state index in [1.54, 1.807) is 6.92 Å². The summed E-state index contributed by atoms with van der Waals surface area (Å²) < 4.78 is 43.4. The van der Waals surface area contributed by atoms with E-state index in [0.717, 1.165) is 12.1 Å². The summed E-state index contributed by atoms with van der Waals surface area (Å²) in [5.74, 6) is -0.476. The second-order valence-electron chi connectivity index (χ2n) is 5.86. The average molecular weight is 427 g/mol. The number of aromatic nitrogens is 4. The van der Waals surface area contributed by atoms with Gasteiger partial charge in [-0.25, -0.2) is 4.79 Å². The second-order valence-corrected chi connectivity index (χ2v) is 6.85. The van der Waals surface area contributed by atoms with E-state index in [1.165, 1.54) is 39.7 Å². The number of rotatable bonds is 6. The van der Waals surface area contributed by atoms with Gasteiger partial charge in [0.2, 0.25) is 11.7 Å². The first-order valence-corrected chi connectivity index (χ1v) is 9.53. The number of esters is 1. The van der Waals surface area contributed by atoms with Gasteiger partial charge in [-0.3, -0.25) is 4.79 Å². The molecule has 1 aromatic carbocycles. The molecule has 1 aliphatic heterocycles. The molecule has 1 amide bonds. The zero-order valence-electron chi connectivity index (χ0n) is 15.2. The van der Waals surface area contributed by atoms with Gasteiger partial charge in [-0.05, 0) is 24.3 Å². The smallest absolute Gasteiger partial charge is 0.416 e. The SMILES string of the molecule is CCOC(=O)C=C1SCC(=O)N1CCn1nnc(-c2cccc(C(F)(F)F)c2)n1. The van der Waals surface area contributed by atoms with Crippen LogP contribution in [0.2, 0.25) is 0 Å². The maximum absolute atomic E-state index is 12.9. The molecule has 0 atom stereocenters. The van der Waals surface area contributed by atoms with Crippen LogP contribution >= 0.6 is 11.8 Å². The lowest BCUT2D eigenvalue weighted by Crippen LogP contribution is -2.29. The molecule has 0 radical (unpaired) electrons. The molecular formula is C17H16F3N5O3S. The molecule has 29 heavy (non-hydrogen) atoms. The van der Waals surface area contributed by atoms with Gasteiger partial charge >= 0.3 is 12.1 Å². The third-order valence-electron chi connectivity index (χ3n) is 3.86. The lowest BCUT2D eigenvalue weighted by Gasteiger charge is -2.16. The Hall–Kier alpha value is -2.89. The predicted molar refractivity (Wildman–Crippen MR) is 97.1 cm³/mol. The number of amides is 1. The third kappa shape index (κ3) is 5.13. The fourth-order valence-corrected chi connectivity index (χ4v) is 3.49. The fourth-order valence-electron chi connectivity index (χ4n) is 2.53. The quantitative estimate of drug-likeness (QED) is 0.516. The number of carbonyl (C=O) groups excluding carboxylic acids is 2. The first kappa shape index (κ1) is 20.8. The maximum atomic E-state index is 12.9. The van der Waals surface area contributed by atoms with Crippen LogP contribution in [0.3, 0.4) is 0 Å². The van der Waals surface area contributed by atoms with E-state index in [-0.39, 0.29) is 42.7 Å². The van der Waals surface area contributed by atoms with Crippen molar-refractivity contribution in [3.05, 3.63) is 40.9 Å². The molecule has 3 rings (SSSR count). The van der Waals surface area contributed by atoms with Crippen molar-refractivity contribution in [1.29, 1.82) is 0 Å². The van der Waals surface area contributed by atoms with Crippen LogP contribution in [0.25, 0.3) is 11.4 Å². The van der Waals surface area contributed by atoms with E-state index in [4.69, 9.17) is 4.74 Å². The summed E-state index contributed by atoms with van der Waals surface area (Å²) in [5, 5.41) is 12.1. The van der Waals surface area contributed by atoms with Crippen LogP contribution in [0.4, 0.5) is 13.2 Å². The molecule has 2 aromatic rings. The summed E-state index contributed by atoms with van der Waals surface area (Å²) in [6.45, 7) is 2.23. The zero-order valence-corrected chi connectivity index (χ0v) is 16.0. The van der Waals surface area contributed by atoms with Crippen molar-refractivity contribution in [2.45, 2.75) is 19.6 Å². The molecule has 2 heterocycles. The highest BCUT2D eigenvalue weighted by Crippen LogP contribution is 2.31. The van der Waals surface area contributed by atoms with Crippen LogP contribution < -0.4 is 0 Å². The normalized spacial score (nSPS) is 15.9. The lowest BCUT2D eigenvalue weighted by atomic mass is 10.1. The third-order valence-corrected chi connectivity index (χ3v) is 4.89. The van der Waals surface area contributed by atoms with E-state index >= 15 is 0 Å². The number of hydrogen-bond donors (Lipinski definition) is 0. The number of alkyl halides is 3. The summed E-state index contributed by atoms with van der Waals surface area (Å²) >= 11 is 1.22. The largest absolute Gasteiger partial charge is 0.463 e. The van der Waals surface area contributed by atoms with Crippen molar-refractivity contribution in [3.63, 3.8) is 0 Å². The van der Waals surface area contributed by atoms with Gasteiger partial charge in [0.25, 0.3) is 0 Å². The summed E-state index contributed by atoms with van der Waals surface area (Å²) in [7, 11) is 0. The number of nitrogens with zero attached hydrogens (tertiary/aromatic N) is 5. The lowest BCUT2D eigenvalue weighted by molar-refractivity contribution is -0.138. The number of halogens is 3. The highest BCUT2D eigenvalue weighted by atomic mass is 32.2. The van der Waals surface area contributed by atoms with Crippen LogP contribution in [0.15, 0.2) is 35.4 Å². The topological polar surface area (TPSA) is 90.2 Å². The number of hydrogen-bond acceptors (Lipinski definition) is 7. The first-order chi connectivity index (χ1) is 13.8. The van der Waals surface area contributed by atoms with Crippen molar-refractivity contribution in [2.75, 3.05) is 18.9 Å². The minimum atomic E-state index is -4.47. The van der Waals surface area contributed by atoms with Gasteiger partial charge in [0.1, 0.15) is 0 Å². The van der Waals surface area contributed by atoms with E-state index < -0.39 is 17.7 Å². The van der Waals surface area contributed by atoms with Crippen molar-refractivity contribution in [1.82, 2.24) is 25.1 Å². The number of benzene rings is 1. The van der Waals surface area contributed by atoms with Crippen LogP contribution in [-0.4, -0.2) is 55.9 Å². The van der Waals surface area contributed by atoms with Crippen LogP contribution in [0.5, 0.6) is 0 Å². The van der Waals surface area contributed by atoms with Gasteiger partial charge in [-0.15, -0.1) is 10.2 Å². The van der Waals surface area contributed by atoms with Crippen LogP contribution in [0.1, 0.15) is 12.5 Å². The van der Waals surface area contributed by atoms with Crippen LogP contribution in [0, 0.1) is 0 Å². The highest BCUT2D eigenvalue weighted by Gasteiger charge is 2.31.